The molecule has 1 aromatic heterocycles. The Balaban J connectivity index is 1.95. The number of aliphatic hydroxyl groups excluding tert-OH is 1. The maximum Gasteiger partial charge on any atom is 0.227 e. The zero-order valence-electron chi connectivity index (χ0n) is 20.7. The number of aliphatic hydroxyl groups is 1. The van der Waals surface area contributed by atoms with E-state index in [9.17, 15) is 5.11 Å². The second-order valence-electron chi connectivity index (χ2n) is 8.51. The fourth-order valence-corrected chi connectivity index (χ4v) is 3.70. The van der Waals surface area contributed by atoms with Crippen molar-refractivity contribution in [3.8, 4) is 17.3 Å². The van der Waals surface area contributed by atoms with E-state index in [2.05, 4.69) is 11.8 Å². The van der Waals surface area contributed by atoms with Crippen molar-refractivity contribution in [1.29, 1.82) is 0 Å². The van der Waals surface area contributed by atoms with Crippen LogP contribution in [0.5, 0.6) is 11.6 Å². The zero-order chi connectivity index (χ0) is 24.3. The van der Waals surface area contributed by atoms with E-state index >= 15 is 0 Å². The molecule has 0 aliphatic rings. The summed E-state index contributed by atoms with van der Waals surface area (Å²) in [6.07, 6.45) is 0.230. The van der Waals surface area contributed by atoms with E-state index in [0.717, 1.165) is 29.1 Å². The first-order valence-corrected chi connectivity index (χ1v) is 11.9. The highest BCUT2D eigenvalue weighted by Crippen LogP contribution is 2.32. The molecule has 34 heavy (non-hydrogen) atoms. The van der Waals surface area contributed by atoms with Crippen LogP contribution < -0.4 is 4.74 Å². The number of aromatic nitrogens is 2. The number of benzene rings is 2. The third-order valence-electron chi connectivity index (χ3n) is 5.40. The number of methoxy groups -OCH3 is 1. The molecule has 1 atom stereocenters. The Hall–Kier alpha value is -2.71. The van der Waals surface area contributed by atoms with E-state index in [1.807, 2.05) is 79.2 Å². The monoisotopic (exact) mass is 467 g/mol. The van der Waals surface area contributed by atoms with Gasteiger partial charge in [-0.1, -0.05) is 43.3 Å². The Kier molecular flexibility index (Phi) is 10.1. The minimum Gasteiger partial charge on any atom is -0.439 e. The number of nitrogens with zero attached hydrogens (tertiary/aromatic N) is 3. The van der Waals surface area contributed by atoms with Gasteiger partial charge >= 0.3 is 0 Å². The molecule has 3 aromatic rings. The Morgan fingerprint density at radius 1 is 1.03 bits per heavy atom. The molecule has 0 aliphatic carbocycles. The molecule has 0 saturated heterocycles. The average Bonchev–Trinajstić information content (AvgIpc) is 3.19. The fourth-order valence-electron chi connectivity index (χ4n) is 3.70. The molecule has 0 fully saturated rings. The molecule has 0 saturated carbocycles. The summed E-state index contributed by atoms with van der Waals surface area (Å²) in [5, 5.41) is 15.5. The van der Waals surface area contributed by atoms with Crippen molar-refractivity contribution < 1.29 is 19.3 Å². The number of ether oxygens (including phenoxy) is 3. The lowest BCUT2D eigenvalue weighted by atomic mass is 10.1. The molecular formula is C27H37N3O4. The first-order chi connectivity index (χ1) is 16.5. The number of para-hydroxylation sites is 2. The van der Waals surface area contributed by atoms with E-state index < -0.39 is 6.10 Å². The molecule has 0 radical (unpaired) electrons. The average molecular weight is 468 g/mol. The largest absolute Gasteiger partial charge is 0.439 e. The molecule has 0 amide bonds. The van der Waals surface area contributed by atoms with Crippen LogP contribution in [0.15, 0.2) is 60.7 Å². The predicted molar refractivity (Wildman–Crippen MR) is 134 cm³/mol. The second kappa shape index (κ2) is 13.2. The first kappa shape index (κ1) is 25.9. The molecule has 0 aliphatic heterocycles. The van der Waals surface area contributed by atoms with Crippen molar-refractivity contribution >= 4 is 0 Å². The Morgan fingerprint density at radius 2 is 1.71 bits per heavy atom. The lowest BCUT2D eigenvalue weighted by Crippen LogP contribution is -2.37. The van der Waals surface area contributed by atoms with Gasteiger partial charge in [0.05, 0.1) is 42.4 Å². The van der Waals surface area contributed by atoms with Gasteiger partial charge in [-0.15, -0.1) is 0 Å². The van der Waals surface area contributed by atoms with Gasteiger partial charge < -0.3 is 19.3 Å². The highest BCUT2D eigenvalue weighted by atomic mass is 16.5. The van der Waals surface area contributed by atoms with E-state index in [0.29, 0.717) is 38.7 Å². The van der Waals surface area contributed by atoms with Gasteiger partial charge in [-0.2, -0.15) is 5.10 Å². The van der Waals surface area contributed by atoms with Crippen LogP contribution in [-0.4, -0.2) is 65.4 Å². The van der Waals surface area contributed by atoms with Gasteiger partial charge in [-0.25, -0.2) is 4.68 Å². The Morgan fingerprint density at radius 3 is 2.32 bits per heavy atom. The summed E-state index contributed by atoms with van der Waals surface area (Å²) in [7, 11) is 1.69. The maximum atomic E-state index is 10.6. The summed E-state index contributed by atoms with van der Waals surface area (Å²) in [5.41, 5.74) is 2.90. The lowest BCUT2D eigenvalue weighted by molar-refractivity contribution is -0.0122. The standard InChI is InChI=1S/C27H37N3O4/c1-5-26-25(19-29(16-17-32-4)18-23(31)20-33-21(2)3)27(34-24-14-10-7-11-15-24)30(28-26)22-12-8-6-9-13-22/h6-15,21,23,31H,5,16-20H2,1-4H3/t23-/m0/s1. The second-order valence-corrected chi connectivity index (χ2v) is 8.51. The van der Waals surface area contributed by atoms with Crippen LogP contribution in [0, 0.1) is 0 Å². The summed E-state index contributed by atoms with van der Waals surface area (Å²) >= 11 is 0. The lowest BCUT2D eigenvalue weighted by Gasteiger charge is -2.25. The van der Waals surface area contributed by atoms with E-state index in [-0.39, 0.29) is 6.10 Å². The molecule has 0 bridgehead atoms. The van der Waals surface area contributed by atoms with E-state index in [1.54, 1.807) is 7.11 Å². The maximum absolute atomic E-state index is 10.6. The van der Waals surface area contributed by atoms with E-state index in [4.69, 9.17) is 19.3 Å². The Bertz CT molecular complexity index is 976. The first-order valence-electron chi connectivity index (χ1n) is 11.9. The van der Waals surface area contributed by atoms with Crippen LogP contribution >= 0.6 is 0 Å². The minimum atomic E-state index is -0.605. The summed E-state index contributed by atoms with van der Waals surface area (Å²) in [6.45, 7) is 8.57. The van der Waals surface area contributed by atoms with Crippen LogP contribution in [0.25, 0.3) is 5.69 Å². The minimum absolute atomic E-state index is 0.0729. The molecule has 0 spiro atoms. The third kappa shape index (κ3) is 7.40. The molecule has 2 aromatic carbocycles. The molecular weight excluding hydrogens is 430 g/mol. The summed E-state index contributed by atoms with van der Waals surface area (Å²) in [4.78, 5) is 2.17. The number of aryl methyl sites for hydroxylation is 1. The van der Waals surface area contributed by atoms with Crippen molar-refractivity contribution in [3.63, 3.8) is 0 Å². The van der Waals surface area contributed by atoms with Gasteiger partial charge in [0, 0.05) is 26.7 Å². The predicted octanol–water partition coefficient (Wildman–Crippen LogP) is 4.46. The van der Waals surface area contributed by atoms with Gasteiger partial charge in [-0.05, 0) is 44.5 Å². The van der Waals surface area contributed by atoms with Crippen LogP contribution in [-0.2, 0) is 22.4 Å². The highest BCUT2D eigenvalue weighted by Gasteiger charge is 2.23. The van der Waals surface area contributed by atoms with Crippen LogP contribution in [0.4, 0.5) is 0 Å². The number of hydrogen-bond donors (Lipinski definition) is 1. The molecule has 0 unspecified atom stereocenters. The quantitative estimate of drug-likeness (QED) is 0.378. The third-order valence-corrected chi connectivity index (χ3v) is 5.40. The molecule has 7 heteroatoms. The van der Waals surface area contributed by atoms with Crippen molar-refractivity contribution in [3.05, 3.63) is 71.9 Å². The van der Waals surface area contributed by atoms with Crippen molar-refractivity contribution in [2.45, 2.75) is 45.9 Å². The molecule has 3 rings (SSSR count). The van der Waals surface area contributed by atoms with Gasteiger partial charge in [0.1, 0.15) is 5.75 Å². The van der Waals surface area contributed by atoms with Gasteiger partial charge in [-0.3, -0.25) is 4.90 Å². The summed E-state index contributed by atoms with van der Waals surface area (Å²) < 4.78 is 19.3. The van der Waals surface area contributed by atoms with Crippen LogP contribution in [0.1, 0.15) is 32.0 Å². The SMILES string of the molecule is CCc1nn(-c2ccccc2)c(Oc2ccccc2)c1CN(CCOC)C[C@H](O)COC(C)C. The van der Waals surface area contributed by atoms with E-state index in [1.165, 1.54) is 0 Å². The van der Waals surface area contributed by atoms with Crippen LogP contribution in [0.3, 0.4) is 0 Å². The highest BCUT2D eigenvalue weighted by molar-refractivity contribution is 5.43. The zero-order valence-corrected chi connectivity index (χ0v) is 20.7. The van der Waals surface area contributed by atoms with Crippen LogP contribution in [0.2, 0.25) is 0 Å². The van der Waals surface area contributed by atoms with Gasteiger partial charge in [0.2, 0.25) is 5.88 Å². The number of hydrogen-bond acceptors (Lipinski definition) is 6. The van der Waals surface area contributed by atoms with Gasteiger partial charge in [0.15, 0.2) is 0 Å². The summed E-state index contributed by atoms with van der Waals surface area (Å²) in [6, 6.07) is 19.7. The fraction of sp³-hybridized carbons (Fsp3) is 0.444. The van der Waals surface area contributed by atoms with Crippen molar-refractivity contribution in [2.75, 3.05) is 33.4 Å². The van der Waals surface area contributed by atoms with Gasteiger partial charge in [0.25, 0.3) is 0 Å². The summed E-state index contributed by atoms with van der Waals surface area (Å²) in [5.74, 6) is 1.43. The number of rotatable bonds is 14. The molecule has 7 nitrogen and oxygen atoms in total. The molecule has 184 valence electrons. The molecule has 1 heterocycles. The smallest absolute Gasteiger partial charge is 0.227 e. The topological polar surface area (TPSA) is 69.0 Å². The van der Waals surface area contributed by atoms with Crippen molar-refractivity contribution in [1.82, 2.24) is 14.7 Å². The normalized spacial score (nSPS) is 12.4. The Labute approximate surface area is 202 Å². The molecule has 1 N–H and O–H groups in total. The van der Waals surface area contributed by atoms with Crippen molar-refractivity contribution in [2.24, 2.45) is 0 Å².